The van der Waals surface area contributed by atoms with Gasteiger partial charge in [-0.05, 0) is 68.5 Å². The zero-order valence-corrected chi connectivity index (χ0v) is 19.2. The van der Waals surface area contributed by atoms with E-state index in [-0.39, 0.29) is 12.0 Å². The largest absolute Gasteiger partial charge is 0.474 e. The van der Waals surface area contributed by atoms with Gasteiger partial charge in [0, 0.05) is 42.9 Å². The van der Waals surface area contributed by atoms with Crippen LogP contribution in [0.1, 0.15) is 47.7 Å². The lowest BCUT2D eigenvalue weighted by molar-refractivity contribution is 0.0956. The topological polar surface area (TPSA) is 113 Å². The molecule has 0 radical (unpaired) electrons. The number of hydrogen-bond donors (Lipinski definition) is 4. The molecule has 9 nitrogen and oxygen atoms in total. The molecular weight excluding hydrogens is 430 g/mol. The van der Waals surface area contributed by atoms with Gasteiger partial charge in [0.05, 0.1) is 0 Å². The molecule has 1 saturated carbocycles. The lowest BCUT2D eigenvalue weighted by Crippen LogP contribution is -2.25. The summed E-state index contributed by atoms with van der Waals surface area (Å²) in [7, 11) is 0. The van der Waals surface area contributed by atoms with Gasteiger partial charge < -0.3 is 26.0 Å². The van der Waals surface area contributed by atoms with E-state index in [0.717, 1.165) is 43.7 Å². The average Bonchev–Trinajstić information content (AvgIpc) is 2.82. The molecule has 0 saturated heterocycles. The van der Waals surface area contributed by atoms with Gasteiger partial charge in [0.2, 0.25) is 11.8 Å². The van der Waals surface area contributed by atoms with E-state index in [9.17, 15) is 4.79 Å². The molecular formula is C25H29N7O2. The number of nitrogens with zero attached hydrogens (tertiary/aromatic N) is 3. The number of benzene rings is 1. The van der Waals surface area contributed by atoms with E-state index in [0.29, 0.717) is 29.8 Å². The first-order valence-electron chi connectivity index (χ1n) is 11.8. The lowest BCUT2D eigenvalue weighted by atomic mass is 9.96. The van der Waals surface area contributed by atoms with Crippen LogP contribution >= 0.6 is 0 Å². The van der Waals surface area contributed by atoms with Gasteiger partial charge in [-0.2, -0.15) is 4.98 Å². The van der Waals surface area contributed by atoms with Gasteiger partial charge in [-0.3, -0.25) is 4.79 Å². The number of aromatic nitrogens is 3. The highest BCUT2D eigenvalue weighted by molar-refractivity contribution is 5.99. The van der Waals surface area contributed by atoms with Crippen LogP contribution in [0.4, 0.5) is 23.1 Å². The van der Waals surface area contributed by atoms with Crippen LogP contribution < -0.4 is 26.0 Å². The van der Waals surface area contributed by atoms with Crippen molar-refractivity contribution in [2.24, 2.45) is 0 Å². The van der Waals surface area contributed by atoms with Crippen molar-refractivity contribution in [1.82, 2.24) is 25.6 Å². The van der Waals surface area contributed by atoms with E-state index in [1.807, 2.05) is 25.1 Å². The molecule has 0 bridgehead atoms. The highest BCUT2D eigenvalue weighted by Crippen LogP contribution is 2.27. The van der Waals surface area contributed by atoms with Crippen LogP contribution in [0.25, 0.3) is 0 Å². The van der Waals surface area contributed by atoms with Crippen LogP contribution in [0.2, 0.25) is 0 Å². The van der Waals surface area contributed by atoms with Crippen molar-refractivity contribution in [2.45, 2.75) is 45.3 Å². The van der Waals surface area contributed by atoms with Gasteiger partial charge in [0.1, 0.15) is 17.5 Å². The zero-order chi connectivity index (χ0) is 23.3. The van der Waals surface area contributed by atoms with Gasteiger partial charge >= 0.3 is 0 Å². The summed E-state index contributed by atoms with van der Waals surface area (Å²) >= 11 is 0. The molecule has 1 amide bonds. The van der Waals surface area contributed by atoms with Crippen LogP contribution in [-0.4, -0.2) is 40.1 Å². The first-order valence-corrected chi connectivity index (χ1v) is 11.8. The highest BCUT2D eigenvalue weighted by Gasteiger charge is 2.20. The van der Waals surface area contributed by atoms with Crippen LogP contribution in [0.3, 0.4) is 0 Å². The van der Waals surface area contributed by atoms with Crippen LogP contribution in [0, 0.1) is 0 Å². The fraction of sp³-hybridized carbons (Fsp3) is 0.360. The number of carbonyl (C=O) groups excluding carboxylic acids is 1. The smallest absolute Gasteiger partial charge is 0.256 e. The van der Waals surface area contributed by atoms with Crippen molar-refractivity contribution >= 4 is 29.0 Å². The van der Waals surface area contributed by atoms with Crippen molar-refractivity contribution in [3.8, 4) is 5.88 Å². The minimum atomic E-state index is -0.239. The third kappa shape index (κ3) is 5.09. The number of nitrogens with one attached hydrogen (secondary N) is 4. The number of anilines is 4. The fourth-order valence-electron chi connectivity index (χ4n) is 3.99. The molecule has 0 unspecified atom stereocenters. The monoisotopic (exact) mass is 459 g/mol. The third-order valence-corrected chi connectivity index (χ3v) is 6.06. The Hall–Kier alpha value is -3.72. The summed E-state index contributed by atoms with van der Waals surface area (Å²) in [5.41, 5.74) is 4.63. The molecule has 1 aliphatic carbocycles. The standard InChI is InChI=1S/C25H29N7O2/c1-2-27-24(33)21-15-29-25(31-18-7-6-16-8-10-26-14-17(16)12-18)32-23(21)30-19-9-11-28-22(13-19)34-20-4-3-5-20/h6-7,9,11-13,15,20,26H,2-5,8,10,14H2,1H3,(H,27,33)(H2,28,29,30,31,32). The minimum Gasteiger partial charge on any atom is -0.474 e. The van der Waals surface area contributed by atoms with E-state index in [2.05, 4.69) is 48.4 Å². The van der Waals surface area contributed by atoms with E-state index in [1.165, 1.54) is 23.7 Å². The van der Waals surface area contributed by atoms with Crippen molar-refractivity contribution in [2.75, 3.05) is 23.7 Å². The summed E-state index contributed by atoms with van der Waals surface area (Å²) in [5, 5.41) is 12.7. The normalized spacial score (nSPS) is 15.1. The quantitative estimate of drug-likeness (QED) is 0.403. The molecule has 3 aromatic rings. The second-order valence-corrected chi connectivity index (χ2v) is 8.53. The van der Waals surface area contributed by atoms with Gasteiger partial charge in [-0.25, -0.2) is 9.97 Å². The molecule has 1 aromatic carbocycles. The van der Waals surface area contributed by atoms with Gasteiger partial charge in [-0.15, -0.1) is 0 Å². The predicted octanol–water partition coefficient (Wildman–Crippen LogP) is 3.69. The van der Waals surface area contributed by atoms with E-state index in [4.69, 9.17) is 4.74 Å². The maximum atomic E-state index is 12.6. The SMILES string of the molecule is CCNC(=O)c1cnc(Nc2ccc3c(c2)CNCC3)nc1Nc1ccnc(OC2CCC2)c1. The molecule has 4 N–H and O–H groups in total. The van der Waals surface area contributed by atoms with Crippen molar-refractivity contribution in [1.29, 1.82) is 0 Å². The number of fused-ring (bicyclic) bond motifs is 1. The Morgan fingerprint density at radius 1 is 1.12 bits per heavy atom. The van der Waals surface area contributed by atoms with Gasteiger partial charge in [-0.1, -0.05) is 6.07 Å². The number of amides is 1. The van der Waals surface area contributed by atoms with Crippen LogP contribution in [0.15, 0.2) is 42.7 Å². The highest BCUT2D eigenvalue weighted by atomic mass is 16.5. The molecule has 5 rings (SSSR count). The molecule has 3 heterocycles. The molecule has 2 aliphatic rings. The second-order valence-electron chi connectivity index (χ2n) is 8.53. The molecule has 34 heavy (non-hydrogen) atoms. The molecule has 9 heteroatoms. The molecule has 2 aromatic heterocycles. The maximum absolute atomic E-state index is 12.6. The first kappa shape index (κ1) is 22.1. The molecule has 176 valence electrons. The Labute approximate surface area is 198 Å². The van der Waals surface area contributed by atoms with Gasteiger partial charge in [0.15, 0.2) is 0 Å². The summed E-state index contributed by atoms with van der Waals surface area (Å²) in [6.45, 7) is 4.24. The van der Waals surface area contributed by atoms with E-state index in [1.54, 1.807) is 6.20 Å². The zero-order valence-electron chi connectivity index (χ0n) is 19.2. The first-order chi connectivity index (χ1) is 16.7. The van der Waals surface area contributed by atoms with E-state index >= 15 is 0 Å². The Morgan fingerprint density at radius 3 is 2.82 bits per heavy atom. The summed E-state index contributed by atoms with van der Waals surface area (Å²) in [4.78, 5) is 26.0. The number of rotatable bonds is 8. The number of ether oxygens (including phenoxy) is 1. The summed E-state index contributed by atoms with van der Waals surface area (Å²) < 4.78 is 5.91. The molecule has 1 aliphatic heterocycles. The Kier molecular flexibility index (Phi) is 6.53. The minimum absolute atomic E-state index is 0.232. The summed E-state index contributed by atoms with van der Waals surface area (Å²) in [6.07, 6.45) is 7.78. The summed E-state index contributed by atoms with van der Waals surface area (Å²) in [5.74, 6) is 1.13. The van der Waals surface area contributed by atoms with E-state index < -0.39 is 0 Å². The predicted molar refractivity (Wildman–Crippen MR) is 131 cm³/mol. The summed E-state index contributed by atoms with van der Waals surface area (Å²) in [6, 6.07) is 9.93. The average molecular weight is 460 g/mol. The Bertz CT molecular complexity index is 1180. The Balaban J connectivity index is 1.39. The van der Waals surface area contributed by atoms with Gasteiger partial charge in [0.25, 0.3) is 5.91 Å². The van der Waals surface area contributed by atoms with Crippen molar-refractivity contribution in [3.05, 3.63) is 59.4 Å². The van der Waals surface area contributed by atoms with Crippen molar-refractivity contribution in [3.63, 3.8) is 0 Å². The Morgan fingerprint density at radius 2 is 2.00 bits per heavy atom. The number of carbonyl (C=O) groups is 1. The number of hydrogen-bond acceptors (Lipinski definition) is 8. The van der Waals surface area contributed by atoms with Crippen LogP contribution in [-0.2, 0) is 13.0 Å². The maximum Gasteiger partial charge on any atom is 0.256 e. The second kappa shape index (κ2) is 10.0. The third-order valence-electron chi connectivity index (χ3n) is 6.06. The lowest BCUT2D eigenvalue weighted by Gasteiger charge is -2.25. The molecule has 1 fully saturated rings. The van der Waals surface area contributed by atoms with Crippen LogP contribution in [0.5, 0.6) is 5.88 Å². The van der Waals surface area contributed by atoms with Crippen molar-refractivity contribution < 1.29 is 9.53 Å². The fourth-order valence-corrected chi connectivity index (χ4v) is 3.99. The number of pyridine rings is 1. The molecule has 0 spiro atoms. The molecule has 0 atom stereocenters.